The number of ether oxygens (including phenoxy) is 1. The van der Waals surface area contributed by atoms with Gasteiger partial charge in [0.2, 0.25) is 5.88 Å². The number of nitrogens with zero attached hydrogens (tertiary/aromatic N) is 3. The van der Waals surface area contributed by atoms with Crippen molar-refractivity contribution in [2.45, 2.75) is 0 Å². The average molecular weight is 323 g/mol. The highest BCUT2D eigenvalue weighted by Crippen LogP contribution is 2.34. The Balaban J connectivity index is 2.45. The van der Waals surface area contributed by atoms with Crippen molar-refractivity contribution in [2.75, 3.05) is 21.3 Å². The molecule has 0 saturated heterocycles. The fourth-order valence-electron chi connectivity index (χ4n) is 1.68. The van der Waals surface area contributed by atoms with Crippen molar-refractivity contribution in [3.63, 3.8) is 0 Å². The monoisotopic (exact) mass is 323 g/mol. The summed E-state index contributed by atoms with van der Waals surface area (Å²) in [4.78, 5) is 31.8. The van der Waals surface area contributed by atoms with Crippen LogP contribution in [0.25, 0.3) is 10.6 Å². The number of hydroxylamine groups is 2. The Morgan fingerprint density at radius 3 is 2.73 bits per heavy atom. The first-order chi connectivity index (χ1) is 10.5. The molecule has 0 aliphatic heterocycles. The molecule has 0 N–H and O–H groups in total. The lowest BCUT2D eigenvalue weighted by atomic mass is 10.2. The van der Waals surface area contributed by atoms with Gasteiger partial charge in [-0.05, 0) is 0 Å². The predicted molar refractivity (Wildman–Crippen MR) is 79.9 cm³/mol. The van der Waals surface area contributed by atoms with Gasteiger partial charge in [0.1, 0.15) is 5.01 Å². The molecule has 0 radical (unpaired) electrons. The maximum Gasteiger partial charge on any atom is 0.292 e. The van der Waals surface area contributed by atoms with Gasteiger partial charge >= 0.3 is 0 Å². The van der Waals surface area contributed by atoms with E-state index < -0.39 is 10.8 Å². The van der Waals surface area contributed by atoms with Gasteiger partial charge in [-0.25, -0.2) is 10.0 Å². The number of non-ortho nitro benzene ring substituents is 1. The van der Waals surface area contributed by atoms with Gasteiger partial charge in [0.25, 0.3) is 11.6 Å². The highest BCUT2D eigenvalue weighted by molar-refractivity contribution is 7.17. The smallest absolute Gasteiger partial charge is 0.292 e. The first-order valence-electron chi connectivity index (χ1n) is 6.09. The largest absolute Gasteiger partial charge is 0.480 e. The summed E-state index contributed by atoms with van der Waals surface area (Å²) in [5.41, 5.74) is 0.491. The van der Waals surface area contributed by atoms with Crippen LogP contribution in [0.2, 0.25) is 0 Å². The van der Waals surface area contributed by atoms with E-state index in [-0.39, 0.29) is 16.4 Å². The minimum absolute atomic E-state index is 0.0476. The Morgan fingerprint density at radius 2 is 2.14 bits per heavy atom. The summed E-state index contributed by atoms with van der Waals surface area (Å²) in [5, 5.41) is 12.3. The zero-order chi connectivity index (χ0) is 16.3. The van der Waals surface area contributed by atoms with E-state index in [2.05, 4.69) is 4.98 Å². The van der Waals surface area contributed by atoms with Crippen molar-refractivity contribution >= 4 is 22.9 Å². The van der Waals surface area contributed by atoms with Crippen molar-refractivity contribution in [2.24, 2.45) is 0 Å². The summed E-state index contributed by atoms with van der Waals surface area (Å²) in [7, 11) is 4.23. The van der Waals surface area contributed by atoms with Crippen LogP contribution < -0.4 is 4.74 Å². The molecule has 0 aliphatic carbocycles. The summed E-state index contributed by atoms with van der Waals surface area (Å²) in [6.45, 7) is 0. The Morgan fingerprint density at radius 1 is 1.41 bits per heavy atom. The lowest BCUT2D eigenvalue weighted by Gasteiger charge is -2.12. The van der Waals surface area contributed by atoms with Crippen molar-refractivity contribution in [1.29, 1.82) is 0 Å². The lowest BCUT2D eigenvalue weighted by molar-refractivity contribution is -0.384. The first kappa shape index (κ1) is 15.9. The van der Waals surface area contributed by atoms with Gasteiger partial charge in [0, 0.05) is 24.7 Å². The van der Waals surface area contributed by atoms with Crippen LogP contribution in [-0.4, -0.2) is 42.1 Å². The molecule has 2 aromatic rings. The van der Waals surface area contributed by atoms with Gasteiger partial charge in [-0.1, -0.05) is 12.1 Å². The Hall–Kier alpha value is -2.52. The predicted octanol–water partition coefficient (Wildman–Crippen LogP) is 2.36. The van der Waals surface area contributed by atoms with E-state index in [1.54, 1.807) is 12.1 Å². The molecule has 1 aromatic heterocycles. The quantitative estimate of drug-likeness (QED) is 0.619. The van der Waals surface area contributed by atoms with E-state index in [1.165, 1.54) is 33.4 Å². The fourth-order valence-corrected chi connectivity index (χ4v) is 2.68. The molecule has 0 atom stereocenters. The van der Waals surface area contributed by atoms with E-state index in [0.717, 1.165) is 16.4 Å². The number of benzene rings is 1. The highest BCUT2D eigenvalue weighted by Gasteiger charge is 2.23. The number of aromatic nitrogens is 1. The molecule has 0 unspecified atom stereocenters. The number of carbonyl (C=O) groups is 1. The third kappa shape index (κ3) is 3.05. The third-order valence-electron chi connectivity index (χ3n) is 2.85. The molecule has 8 nitrogen and oxygen atoms in total. The number of rotatable bonds is 5. The summed E-state index contributed by atoms with van der Waals surface area (Å²) < 4.78 is 5.10. The highest BCUT2D eigenvalue weighted by atomic mass is 32.1. The molecule has 0 saturated carbocycles. The molecule has 0 fully saturated rings. The van der Waals surface area contributed by atoms with E-state index in [4.69, 9.17) is 9.57 Å². The molecule has 1 heterocycles. The number of carbonyl (C=O) groups excluding carboxylic acids is 1. The van der Waals surface area contributed by atoms with Gasteiger partial charge < -0.3 is 4.74 Å². The van der Waals surface area contributed by atoms with Crippen LogP contribution in [0, 0.1) is 10.1 Å². The maximum absolute atomic E-state index is 12.2. The van der Waals surface area contributed by atoms with Crippen LogP contribution in [-0.2, 0) is 4.84 Å². The summed E-state index contributed by atoms with van der Waals surface area (Å²) in [6.07, 6.45) is 0. The maximum atomic E-state index is 12.2. The first-order valence-corrected chi connectivity index (χ1v) is 6.91. The second kappa shape index (κ2) is 6.50. The van der Waals surface area contributed by atoms with Crippen LogP contribution in [0.1, 0.15) is 9.67 Å². The fraction of sp³-hybridized carbons (Fsp3) is 0.231. The number of methoxy groups -OCH3 is 1. The van der Waals surface area contributed by atoms with Crippen molar-refractivity contribution < 1.29 is 19.3 Å². The second-order valence-electron chi connectivity index (χ2n) is 4.15. The van der Waals surface area contributed by atoms with E-state index in [0.29, 0.717) is 10.6 Å². The number of hydrogen-bond donors (Lipinski definition) is 0. The molecule has 1 amide bonds. The number of amides is 1. The van der Waals surface area contributed by atoms with Crippen molar-refractivity contribution in [3.05, 3.63) is 39.3 Å². The molecule has 9 heteroatoms. The van der Waals surface area contributed by atoms with Crippen LogP contribution in [0.15, 0.2) is 24.3 Å². The third-order valence-corrected chi connectivity index (χ3v) is 3.92. The van der Waals surface area contributed by atoms with Gasteiger partial charge in [-0.3, -0.25) is 19.7 Å². The van der Waals surface area contributed by atoms with Crippen LogP contribution >= 0.6 is 11.3 Å². The van der Waals surface area contributed by atoms with E-state index in [9.17, 15) is 14.9 Å². The van der Waals surface area contributed by atoms with Crippen molar-refractivity contribution in [3.8, 4) is 16.5 Å². The topological polar surface area (TPSA) is 94.8 Å². The molecular formula is C13H13N3O5S. The van der Waals surface area contributed by atoms with E-state index >= 15 is 0 Å². The van der Waals surface area contributed by atoms with E-state index in [1.807, 2.05) is 0 Å². The molecule has 116 valence electrons. The SMILES string of the molecule is COc1nc(-c2cccc([N+](=O)[O-])c2)sc1C(=O)N(C)OC. The summed E-state index contributed by atoms with van der Waals surface area (Å²) in [5.74, 6) is -0.256. The average Bonchev–Trinajstić information content (AvgIpc) is 2.97. The number of thiazole rings is 1. The van der Waals surface area contributed by atoms with Crippen molar-refractivity contribution in [1.82, 2.24) is 10.0 Å². The standard InChI is InChI=1S/C13H13N3O5S/c1-15(21-3)13(17)10-11(20-2)14-12(22-10)8-5-4-6-9(7-8)16(18)19/h4-7H,1-3H3. The molecular weight excluding hydrogens is 310 g/mol. The lowest BCUT2D eigenvalue weighted by Crippen LogP contribution is -2.24. The van der Waals surface area contributed by atoms with Gasteiger partial charge in [0.15, 0.2) is 4.88 Å². The normalized spacial score (nSPS) is 10.3. The molecule has 0 aliphatic rings. The Kier molecular flexibility index (Phi) is 4.68. The number of nitro groups is 1. The van der Waals surface area contributed by atoms with Crippen LogP contribution in [0.3, 0.4) is 0 Å². The zero-order valence-electron chi connectivity index (χ0n) is 12.1. The minimum atomic E-state index is -0.487. The Labute approximate surface area is 130 Å². The van der Waals surface area contributed by atoms with Crippen LogP contribution in [0.5, 0.6) is 5.88 Å². The molecule has 1 aromatic carbocycles. The van der Waals surface area contributed by atoms with Gasteiger partial charge in [-0.2, -0.15) is 0 Å². The molecule has 0 bridgehead atoms. The minimum Gasteiger partial charge on any atom is -0.480 e. The number of nitro benzene ring substituents is 1. The molecule has 22 heavy (non-hydrogen) atoms. The van der Waals surface area contributed by atoms with Crippen LogP contribution in [0.4, 0.5) is 5.69 Å². The zero-order valence-corrected chi connectivity index (χ0v) is 12.9. The summed E-state index contributed by atoms with van der Waals surface area (Å²) in [6, 6.07) is 6.02. The van der Waals surface area contributed by atoms with Gasteiger partial charge in [-0.15, -0.1) is 11.3 Å². The molecule has 0 spiro atoms. The van der Waals surface area contributed by atoms with Gasteiger partial charge in [0.05, 0.1) is 19.1 Å². The Bertz CT molecular complexity index is 715. The molecule has 2 rings (SSSR count). The second-order valence-corrected chi connectivity index (χ2v) is 5.15. The summed E-state index contributed by atoms with van der Waals surface area (Å²) >= 11 is 1.08. The number of hydrogen-bond acceptors (Lipinski definition) is 7.